The smallest absolute Gasteiger partial charge is 0.226 e. The van der Waals surface area contributed by atoms with Crippen molar-refractivity contribution in [3.05, 3.63) is 118 Å². The van der Waals surface area contributed by atoms with Gasteiger partial charge >= 0.3 is 0 Å². The first-order valence-corrected chi connectivity index (χ1v) is 15.7. The fraction of sp³-hybridized carbons (Fsp3) is 0. The molecular formula is C36H20Cl2N10O2. The molecule has 0 aliphatic carbocycles. The number of halogens is 2. The number of fused-ring (bicyclic) bond motifs is 6. The van der Waals surface area contributed by atoms with Gasteiger partial charge in [-0.3, -0.25) is 8.80 Å². The van der Waals surface area contributed by atoms with Gasteiger partial charge in [-0.15, -0.1) is 20.5 Å². The van der Waals surface area contributed by atoms with Crippen LogP contribution in [0.3, 0.4) is 0 Å². The third kappa shape index (κ3) is 5.05. The van der Waals surface area contributed by atoms with Crippen molar-refractivity contribution in [2.75, 3.05) is 0 Å². The van der Waals surface area contributed by atoms with Crippen molar-refractivity contribution in [3.63, 3.8) is 0 Å². The maximum absolute atomic E-state index is 11.1. The molecule has 0 saturated heterocycles. The van der Waals surface area contributed by atoms with Crippen molar-refractivity contribution < 1.29 is 10.2 Å². The van der Waals surface area contributed by atoms with E-state index in [1.54, 1.807) is 48.5 Å². The molecule has 0 fully saturated rings. The molecule has 4 aromatic heterocycles. The molecule has 4 heterocycles. The number of hydrogen-bond acceptors (Lipinski definition) is 10. The average Bonchev–Trinajstić information content (AvgIpc) is 3.72. The molecular weight excluding hydrogens is 675 g/mol. The Balaban J connectivity index is 1.07. The molecule has 0 aliphatic heterocycles. The van der Waals surface area contributed by atoms with E-state index in [1.807, 2.05) is 36.4 Å². The summed E-state index contributed by atoms with van der Waals surface area (Å²) in [5.74, 6) is -0.378. The third-order valence-electron chi connectivity index (χ3n) is 8.11. The van der Waals surface area contributed by atoms with Gasteiger partial charge < -0.3 is 15.6 Å². The molecule has 240 valence electrons. The highest BCUT2D eigenvalue weighted by atomic mass is 35.5. The predicted octanol–water partition coefficient (Wildman–Crippen LogP) is 10.4. The minimum Gasteiger partial charge on any atom is -0.493 e. The van der Waals surface area contributed by atoms with Crippen LogP contribution >= 0.6 is 23.2 Å². The van der Waals surface area contributed by atoms with Crippen LogP contribution < -0.4 is 0 Å². The Bertz CT molecular complexity index is 2820. The van der Waals surface area contributed by atoms with Crippen molar-refractivity contribution in [1.29, 1.82) is 10.7 Å². The maximum atomic E-state index is 11.1. The molecule has 0 unspecified atom stereocenters. The van der Waals surface area contributed by atoms with Gasteiger partial charge in [0, 0.05) is 11.8 Å². The monoisotopic (exact) mass is 694 g/mol. The van der Waals surface area contributed by atoms with Crippen LogP contribution in [-0.4, -0.2) is 35.2 Å². The van der Waals surface area contributed by atoms with Gasteiger partial charge in [-0.05, 0) is 71.8 Å². The fourth-order valence-electron chi connectivity index (χ4n) is 5.71. The van der Waals surface area contributed by atoms with Crippen LogP contribution in [0.1, 0.15) is 11.1 Å². The van der Waals surface area contributed by atoms with Crippen LogP contribution in [0.5, 0.6) is 11.8 Å². The van der Waals surface area contributed by atoms with Gasteiger partial charge in [0.25, 0.3) is 0 Å². The summed E-state index contributed by atoms with van der Waals surface area (Å²) in [6.07, 6.45) is 1.15. The summed E-state index contributed by atoms with van der Waals surface area (Å²) in [6, 6.07) is 30.0. The van der Waals surface area contributed by atoms with Gasteiger partial charge in [0.1, 0.15) is 34.5 Å². The van der Waals surface area contributed by atoms with Crippen molar-refractivity contribution in [3.8, 4) is 29.0 Å². The molecule has 0 bridgehead atoms. The van der Waals surface area contributed by atoms with Gasteiger partial charge in [0.05, 0.1) is 37.7 Å². The molecule has 0 saturated carbocycles. The lowest BCUT2D eigenvalue weighted by atomic mass is 10.1. The van der Waals surface area contributed by atoms with Crippen LogP contribution in [0.2, 0.25) is 10.0 Å². The second-order valence-corrected chi connectivity index (χ2v) is 11.9. The van der Waals surface area contributed by atoms with Crippen LogP contribution in [0.15, 0.2) is 118 Å². The van der Waals surface area contributed by atoms with E-state index >= 15 is 0 Å². The molecule has 4 aromatic carbocycles. The second kappa shape index (κ2) is 12.1. The number of rotatable bonds is 6. The summed E-state index contributed by atoms with van der Waals surface area (Å²) in [5.41, 5.74) is 6.45. The number of nitrogens with one attached hydrogen (secondary N) is 1. The number of nitrogens with zero attached hydrogens (tertiary/aromatic N) is 9. The molecule has 14 heteroatoms. The van der Waals surface area contributed by atoms with E-state index in [4.69, 9.17) is 28.6 Å². The molecule has 0 radical (unpaired) electrons. The lowest BCUT2D eigenvalue weighted by molar-refractivity contribution is 0.449. The van der Waals surface area contributed by atoms with Crippen molar-refractivity contribution >= 4 is 85.5 Å². The van der Waals surface area contributed by atoms with Gasteiger partial charge in [-0.1, -0.05) is 59.6 Å². The zero-order valence-corrected chi connectivity index (χ0v) is 27.0. The van der Waals surface area contributed by atoms with Crippen LogP contribution in [0, 0.1) is 16.7 Å². The van der Waals surface area contributed by atoms with Crippen LogP contribution in [-0.2, 0) is 0 Å². The molecule has 0 atom stereocenters. The maximum Gasteiger partial charge on any atom is 0.226 e. The topological polar surface area (TPSA) is 172 Å². The highest BCUT2D eigenvalue weighted by Gasteiger charge is 2.18. The number of azo groups is 2. The summed E-state index contributed by atoms with van der Waals surface area (Å²) < 4.78 is 3.00. The largest absolute Gasteiger partial charge is 0.493 e. The third-order valence-corrected chi connectivity index (χ3v) is 8.72. The predicted molar refractivity (Wildman–Crippen MR) is 192 cm³/mol. The Hall–Kier alpha value is -6.68. The van der Waals surface area contributed by atoms with E-state index in [-0.39, 0.29) is 28.7 Å². The molecule has 8 rings (SSSR count). The highest BCUT2D eigenvalue weighted by Crippen LogP contribution is 2.39. The Labute approximate surface area is 292 Å². The van der Waals surface area contributed by atoms with Gasteiger partial charge in [0.2, 0.25) is 11.8 Å². The first-order valence-electron chi connectivity index (χ1n) is 14.9. The summed E-state index contributed by atoms with van der Waals surface area (Å²) in [5, 5.41) is 57.3. The number of pyridine rings is 2. The summed E-state index contributed by atoms with van der Waals surface area (Å²) in [7, 11) is 0. The van der Waals surface area contributed by atoms with E-state index in [9.17, 15) is 15.5 Å². The SMILES string of the molecule is N#Cc1cc(N=Nc2ccc(-c3ccc(N=Nc4cc(C=N)c5nc6ccccc6n5c4O)c(Cl)c3)cc2Cl)c(O)n2c1nc1ccccc12. The normalized spacial score (nSPS) is 11.9. The zero-order chi connectivity index (χ0) is 34.5. The Kier molecular flexibility index (Phi) is 7.41. The second-order valence-electron chi connectivity index (χ2n) is 11.1. The van der Waals surface area contributed by atoms with Gasteiger partial charge in [-0.2, -0.15) is 5.26 Å². The Morgan fingerprint density at radius 3 is 1.64 bits per heavy atom. The number of nitriles is 1. The van der Waals surface area contributed by atoms with Gasteiger partial charge in [0.15, 0.2) is 5.65 Å². The lowest BCUT2D eigenvalue weighted by Crippen LogP contribution is -1.92. The van der Waals surface area contributed by atoms with E-state index in [0.717, 1.165) is 17.3 Å². The molecule has 3 N–H and O–H groups in total. The van der Waals surface area contributed by atoms with E-state index in [0.29, 0.717) is 60.3 Å². The number of benzene rings is 4. The molecule has 0 spiro atoms. The van der Waals surface area contributed by atoms with Crippen molar-refractivity contribution in [2.24, 2.45) is 20.5 Å². The fourth-order valence-corrected chi connectivity index (χ4v) is 6.15. The zero-order valence-electron chi connectivity index (χ0n) is 25.5. The first-order chi connectivity index (χ1) is 24.3. The standard InChI is InChI=1S/C36H20Cl2N10O2/c37-23-13-19(9-11-25(23)43-45-29-15-21(17-39)33-41-27-5-1-3-7-31(27)47(33)35(29)49)20-10-12-26(24(38)14-20)44-46-30-16-22(18-40)34-42-28-6-2-4-8-32(28)48(34)36(30)50/h1-17,39,49-50H. The summed E-state index contributed by atoms with van der Waals surface area (Å²) >= 11 is 13.2. The lowest BCUT2D eigenvalue weighted by Gasteiger charge is -2.07. The minimum atomic E-state index is -0.211. The van der Waals surface area contributed by atoms with Crippen molar-refractivity contribution in [1.82, 2.24) is 18.8 Å². The number of imidazole rings is 2. The highest BCUT2D eigenvalue weighted by molar-refractivity contribution is 6.34. The number of aromatic hydroxyl groups is 2. The summed E-state index contributed by atoms with van der Waals surface area (Å²) in [4.78, 5) is 9.00. The molecule has 0 aliphatic rings. The molecule has 0 amide bonds. The number of hydrogen-bond donors (Lipinski definition) is 3. The number of para-hydroxylation sites is 4. The molecule has 12 nitrogen and oxygen atoms in total. The van der Waals surface area contributed by atoms with E-state index < -0.39 is 0 Å². The Morgan fingerprint density at radius 1 is 0.640 bits per heavy atom. The van der Waals surface area contributed by atoms with Crippen LogP contribution in [0.25, 0.3) is 44.5 Å². The first kappa shape index (κ1) is 30.6. The summed E-state index contributed by atoms with van der Waals surface area (Å²) in [6.45, 7) is 0. The quantitative estimate of drug-likeness (QED) is 0.116. The molecule has 8 aromatic rings. The Morgan fingerprint density at radius 2 is 1.12 bits per heavy atom. The average molecular weight is 696 g/mol. The van der Waals surface area contributed by atoms with E-state index in [2.05, 4.69) is 36.5 Å². The van der Waals surface area contributed by atoms with Crippen LogP contribution in [0.4, 0.5) is 22.7 Å². The van der Waals surface area contributed by atoms with Crippen molar-refractivity contribution in [2.45, 2.75) is 0 Å². The number of aromatic nitrogens is 4. The minimum absolute atomic E-state index is 0.0783. The van der Waals surface area contributed by atoms with E-state index in [1.165, 1.54) is 20.9 Å². The molecule has 50 heavy (non-hydrogen) atoms. The van der Waals surface area contributed by atoms with Gasteiger partial charge in [-0.25, -0.2) is 9.97 Å².